The van der Waals surface area contributed by atoms with Crippen LogP contribution < -0.4 is 0 Å². The Hall–Kier alpha value is -1.93. The van der Waals surface area contributed by atoms with Gasteiger partial charge in [0.15, 0.2) is 6.10 Å². The van der Waals surface area contributed by atoms with E-state index in [2.05, 4.69) is 0 Å². The molecule has 0 bridgehead atoms. The molecule has 9 heteroatoms. The van der Waals surface area contributed by atoms with Gasteiger partial charge in [0.05, 0.1) is 10.6 Å². The van der Waals surface area contributed by atoms with E-state index in [1.165, 1.54) is 45.3 Å². The Morgan fingerprint density at radius 3 is 2.11 bits per heavy atom. The summed E-state index contributed by atoms with van der Waals surface area (Å²) in [6.45, 7) is 1.43. The standard InChI is InChI=1S/C18H17Cl2NO5S/c1-11(17(22)12-4-7-14(19)8-5-12)26-18(23)13-6-9-15(20)16(10-13)27(24,25)21(2)3/h4-11H,1-3H3. The number of halogens is 2. The predicted octanol–water partition coefficient (Wildman–Crippen LogP) is 3.67. The summed E-state index contributed by atoms with van der Waals surface area (Å²) in [5.74, 6) is -1.24. The molecule has 0 radical (unpaired) electrons. The molecule has 2 aromatic carbocycles. The monoisotopic (exact) mass is 429 g/mol. The Bertz CT molecular complexity index is 972. The van der Waals surface area contributed by atoms with Gasteiger partial charge in [-0.15, -0.1) is 0 Å². The van der Waals surface area contributed by atoms with Crippen LogP contribution in [-0.4, -0.2) is 44.7 Å². The number of carbonyl (C=O) groups is 2. The molecule has 1 atom stereocenters. The van der Waals surface area contributed by atoms with Gasteiger partial charge in [0, 0.05) is 24.7 Å². The molecule has 144 valence electrons. The number of hydrogen-bond donors (Lipinski definition) is 0. The maximum atomic E-state index is 12.4. The SMILES string of the molecule is CC(OC(=O)c1ccc(Cl)c(S(=O)(=O)N(C)C)c1)C(=O)c1ccc(Cl)cc1. The molecule has 0 saturated carbocycles. The van der Waals surface area contributed by atoms with Gasteiger partial charge in [0.1, 0.15) is 4.90 Å². The average Bonchev–Trinajstić information content (AvgIpc) is 2.61. The first-order valence-electron chi connectivity index (χ1n) is 7.77. The number of Topliss-reactive ketones (excluding diaryl/α,β-unsaturated/α-hetero) is 1. The lowest BCUT2D eigenvalue weighted by Crippen LogP contribution is -2.25. The van der Waals surface area contributed by atoms with Crippen LogP contribution >= 0.6 is 23.2 Å². The molecule has 6 nitrogen and oxygen atoms in total. The van der Waals surface area contributed by atoms with Gasteiger partial charge >= 0.3 is 5.97 Å². The first-order chi connectivity index (χ1) is 12.5. The van der Waals surface area contributed by atoms with E-state index in [1.807, 2.05) is 0 Å². The first kappa shape index (κ1) is 21.4. The van der Waals surface area contributed by atoms with E-state index in [9.17, 15) is 18.0 Å². The smallest absolute Gasteiger partial charge is 0.338 e. The van der Waals surface area contributed by atoms with Crippen molar-refractivity contribution in [3.8, 4) is 0 Å². The van der Waals surface area contributed by atoms with Gasteiger partial charge in [-0.3, -0.25) is 4.79 Å². The molecule has 0 aliphatic rings. The fraction of sp³-hybridized carbons (Fsp3) is 0.222. The van der Waals surface area contributed by atoms with Crippen molar-refractivity contribution in [3.63, 3.8) is 0 Å². The average molecular weight is 430 g/mol. The second-order valence-corrected chi connectivity index (χ2v) is 8.82. The summed E-state index contributed by atoms with van der Waals surface area (Å²) >= 11 is 11.7. The second-order valence-electron chi connectivity index (χ2n) is 5.85. The van der Waals surface area contributed by atoms with Crippen LogP contribution in [0.3, 0.4) is 0 Å². The lowest BCUT2D eigenvalue weighted by atomic mass is 10.1. The maximum absolute atomic E-state index is 12.4. The quantitative estimate of drug-likeness (QED) is 0.516. The van der Waals surface area contributed by atoms with Crippen molar-refractivity contribution < 1.29 is 22.7 Å². The zero-order valence-electron chi connectivity index (χ0n) is 14.8. The van der Waals surface area contributed by atoms with Crippen molar-refractivity contribution in [2.24, 2.45) is 0 Å². The number of ether oxygens (including phenoxy) is 1. The predicted molar refractivity (Wildman–Crippen MR) is 103 cm³/mol. The van der Waals surface area contributed by atoms with Crippen LogP contribution in [-0.2, 0) is 14.8 Å². The lowest BCUT2D eigenvalue weighted by molar-refractivity contribution is 0.0318. The molecular weight excluding hydrogens is 413 g/mol. The fourth-order valence-electron chi connectivity index (χ4n) is 2.16. The number of rotatable bonds is 6. The van der Waals surface area contributed by atoms with Crippen LogP contribution in [0.4, 0.5) is 0 Å². The molecule has 0 aromatic heterocycles. The third-order valence-electron chi connectivity index (χ3n) is 3.71. The van der Waals surface area contributed by atoms with Crippen molar-refractivity contribution in [1.82, 2.24) is 4.31 Å². The topological polar surface area (TPSA) is 80.8 Å². The van der Waals surface area contributed by atoms with E-state index in [0.29, 0.717) is 10.6 Å². The normalized spacial score (nSPS) is 12.7. The summed E-state index contributed by atoms with van der Waals surface area (Å²) in [4.78, 5) is 24.5. The van der Waals surface area contributed by atoms with Gasteiger partial charge in [-0.25, -0.2) is 17.5 Å². The highest BCUT2D eigenvalue weighted by Gasteiger charge is 2.25. The second kappa shape index (κ2) is 8.39. The Balaban J connectivity index is 2.23. The highest BCUT2D eigenvalue weighted by Crippen LogP contribution is 2.25. The van der Waals surface area contributed by atoms with E-state index < -0.39 is 27.9 Å². The molecule has 27 heavy (non-hydrogen) atoms. The van der Waals surface area contributed by atoms with Crippen molar-refractivity contribution in [1.29, 1.82) is 0 Å². The molecule has 0 saturated heterocycles. The molecule has 0 aliphatic carbocycles. The van der Waals surface area contributed by atoms with Gasteiger partial charge in [-0.1, -0.05) is 23.2 Å². The molecule has 1 unspecified atom stereocenters. The number of ketones is 1. The molecular formula is C18H17Cl2NO5S. The van der Waals surface area contributed by atoms with Gasteiger partial charge in [-0.2, -0.15) is 0 Å². The van der Waals surface area contributed by atoms with Crippen LogP contribution in [0.25, 0.3) is 0 Å². The fourth-order valence-corrected chi connectivity index (χ4v) is 3.68. The molecule has 0 aliphatic heterocycles. The van der Waals surface area contributed by atoms with Crippen LogP contribution in [0.2, 0.25) is 10.0 Å². The van der Waals surface area contributed by atoms with Gasteiger partial charge < -0.3 is 4.74 Å². The molecule has 0 fully saturated rings. The summed E-state index contributed by atoms with van der Waals surface area (Å²) < 4.78 is 30.8. The minimum atomic E-state index is -3.84. The number of sulfonamides is 1. The minimum absolute atomic E-state index is 0.0226. The minimum Gasteiger partial charge on any atom is -0.451 e. The van der Waals surface area contributed by atoms with Gasteiger partial charge in [0.25, 0.3) is 0 Å². The van der Waals surface area contributed by atoms with Crippen molar-refractivity contribution in [3.05, 3.63) is 63.6 Å². The summed E-state index contributed by atoms with van der Waals surface area (Å²) in [6, 6.07) is 9.92. The lowest BCUT2D eigenvalue weighted by Gasteiger charge is -2.15. The summed E-state index contributed by atoms with van der Waals surface area (Å²) in [5.41, 5.74) is 0.308. The van der Waals surface area contributed by atoms with Crippen LogP contribution in [0, 0.1) is 0 Å². The Morgan fingerprint density at radius 1 is 1.00 bits per heavy atom. The first-order valence-corrected chi connectivity index (χ1v) is 9.96. The third-order valence-corrected chi connectivity index (χ3v) is 6.26. The molecule has 2 rings (SSSR count). The van der Waals surface area contributed by atoms with Crippen molar-refractivity contribution in [2.45, 2.75) is 17.9 Å². The Labute approximate surface area is 167 Å². The largest absolute Gasteiger partial charge is 0.451 e. The Morgan fingerprint density at radius 2 is 1.56 bits per heavy atom. The molecule has 0 spiro atoms. The third kappa shape index (κ3) is 4.87. The molecule has 0 N–H and O–H groups in total. The molecule has 0 heterocycles. The summed E-state index contributed by atoms with van der Waals surface area (Å²) in [6.07, 6.45) is -1.07. The van der Waals surface area contributed by atoms with E-state index in [-0.39, 0.29) is 15.5 Å². The zero-order valence-corrected chi connectivity index (χ0v) is 17.1. The number of esters is 1. The van der Waals surface area contributed by atoms with Crippen LogP contribution in [0.1, 0.15) is 27.6 Å². The number of benzene rings is 2. The molecule has 2 aromatic rings. The number of hydrogen-bond acceptors (Lipinski definition) is 5. The van der Waals surface area contributed by atoms with Crippen molar-refractivity contribution in [2.75, 3.05) is 14.1 Å². The summed E-state index contributed by atoms with van der Waals surface area (Å²) in [7, 11) is -1.14. The number of nitrogens with zero attached hydrogens (tertiary/aromatic N) is 1. The van der Waals surface area contributed by atoms with Crippen molar-refractivity contribution >= 4 is 45.0 Å². The Kier molecular flexibility index (Phi) is 6.64. The number of carbonyl (C=O) groups excluding carboxylic acids is 2. The summed E-state index contributed by atoms with van der Waals surface area (Å²) in [5, 5.41) is 0.456. The van der Waals surface area contributed by atoms with Gasteiger partial charge in [0.2, 0.25) is 15.8 Å². The maximum Gasteiger partial charge on any atom is 0.338 e. The highest BCUT2D eigenvalue weighted by molar-refractivity contribution is 7.89. The van der Waals surface area contributed by atoms with E-state index >= 15 is 0 Å². The zero-order chi connectivity index (χ0) is 20.4. The van der Waals surface area contributed by atoms with Gasteiger partial charge in [-0.05, 0) is 49.4 Å². The van der Waals surface area contributed by atoms with E-state index in [4.69, 9.17) is 27.9 Å². The van der Waals surface area contributed by atoms with Crippen LogP contribution in [0.15, 0.2) is 47.4 Å². The van der Waals surface area contributed by atoms with Crippen LogP contribution in [0.5, 0.6) is 0 Å². The molecule has 0 amide bonds. The van der Waals surface area contributed by atoms with E-state index in [0.717, 1.165) is 10.4 Å². The van der Waals surface area contributed by atoms with E-state index in [1.54, 1.807) is 12.1 Å². The highest BCUT2D eigenvalue weighted by atomic mass is 35.5.